The summed E-state index contributed by atoms with van der Waals surface area (Å²) in [7, 11) is 0. The highest BCUT2D eigenvalue weighted by atomic mass is 19.4. The molecule has 1 aromatic heterocycles. The average molecular weight is 396 g/mol. The van der Waals surface area contributed by atoms with Crippen LogP contribution in [0.15, 0.2) is 23.5 Å². The van der Waals surface area contributed by atoms with Gasteiger partial charge in [0.05, 0.1) is 5.71 Å². The maximum absolute atomic E-state index is 12.2. The van der Waals surface area contributed by atoms with E-state index in [0.29, 0.717) is 37.5 Å². The van der Waals surface area contributed by atoms with Crippen molar-refractivity contribution < 1.29 is 27.6 Å². The van der Waals surface area contributed by atoms with E-state index in [9.17, 15) is 22.8 Å². The first-order valence-corrected chi connectivity index (χ1v) is 8.70. The summed E-state index contributed by atoms with van der Waals surface area (Å²) in [4.78, 5) is 33.6. The van der Waals surface area contributed by atoms with Crippen molar-refractivity contribution in [1.82, 2.24) is 9.88 Å². The quantitative estimate of drug-likeness (QED) is 0.471. The fourth-order valence-corrected chi connectivity index (χ4v) is 2.84. The molecule has 2 amide bonds. The molecule has 0 aromatic carbocycles. The van der Waals surface area contributed by atoms with Gasteiger partial charge in [0.1, 0.15) is 5.82 Å². The maximum Gasteiger partial charge on any atom is 0.425 e. The number of nitrogens with one attached hydrogen (secondary N) is 1. The summed E-state index contributed by atoms with van der Waals surface area (Å²) < 4.78 is 36.1. The van der Waals surface area contributed by atoms with Gasteiger partial charge in [0, 0.05) is 37.7 Å². The van der Waals surface area contributed by atoms with E-state index in [0.717, 1.165) is 11.1 Å². The summed E-state index contributed by atoms with van der Waals surface area (Å²) in [6.07, 6.45) is 1.23. The third-order valence-corrected chi connectivity index (χ3v) is 4.51. The third-order valence-electron chi connectivity index (χ3n) is 4.51. The highest BCUT2D eigenvalue weighted by Crippen LogP contribution is 2.22. The molecular weight excluding hydrogens is 377 g/mol. The third kappa shape index (κ3) is 5.08. The van der Waals surface area contributed by atoms with Gasteiger partial charge in [0.25, 0.3) is 0 Å². The molecule has 0 unspecified atom stereocenters. The van der Waals surface area contributed by atoms with Gasteiger partial charge in [-0.25, -0.2) is 4.98 Å². The molecule has 2 aliphatic heterocycles. The van der Waals surface area contributed by atoms with Crippen molar-refractivity contribution >= 4 is 29.4 Å². The lowest BCUT2D eigenvalue weighted by molar-refractivity contribution is -0.174. The standard InChI is InChI=1S/C18H19F3N4O3/c1-11(24-28-10-18(19,20)21)14-8-25(9-14)16(27)5-2-12-6-13-3-4-15(26)23-17(13)22-7-12/h2,5-7,14H,3-4,8-10H2,1H3,(H,22,23,26)/b5-2+,24-11+. The van der Waals surface area contributed by atoms with Crippen LogP contribution in [0.5, 0.6) is 0 Å². The zero-order valence-corrected chi connectivity index (χ0v) is 15.1. The van der Waals surface area contributed by atoms with Gasteiger partial charge in [-0.15, -0.1) is 0 Å². The summed E-state index contributed by atoms with van der Waals surface area (Å²) in [5.41, 5.74) is 2.10. The fourth-order valence-electron chi connectivity index (χ4n) is 2.84. The van der Waals surface area contributed by atoms with Crippen molar-refractivity contribution in [3.8, 4) is 0 Å². The predicted octanol–water partition coefficient (Wildman–Crippen LogP) is 2.39. The van der Waals surface area contributed by atoms with Crippen molar-refractivity contribution in [2.45, 2.75) is 25.9 Å². The second kappa shape index (κ2) is 7.99. The average Bonchev–Trinajstić information content (AvgIpc) is 2.57. The molecule has 0 bridgehead atoms. The van der Waals surface area contributed by atoms with Crippen molar-refractivity contribution in [2.24, 2.45) is 11.1 Å². The highest BCUT2D eigenvalue weighted by Gasteiger charge is 2.32. The Kier molecular flexibility index (Phi) is 5.66. The molecule has 28 heavy (non-hydrogen) atoms. The van der Waals surface area contributed by atoms with Gasteiger partial charge in [0.2, 0.25) is 18.4 Å². The van der Waals surface area contributed by atoms with E-state index in [2.05, 4.69) is 20.3 Å². The maximum atomic E-state index is 12.2. The second-order valence-corrected chi connectivity index (χ2v) is 6.72. The molecule has 0 spiro atoms. The molecule has 2 aliphatic rings. The number of carbonyl (C=O) groups is 2. The number of fused-ring (bicyclic) bond motifs is 1. The Morgan fingerprint density at radius 3 is 2.89 bits per heavy atom. The normalized spacial score (nSPS) is 17.9. The number of likely N-dealkylation sites (tertiary alicyclic amines) is 1. The Labute approximate surface area is 159 Å². The molecule has 0 aliphatic carbocycles. The molecule has 7 nitrogen and oxygen atoms in total. The van der Waals surface area contributed by atoms with E-state index in [4.69, 9.17) is 0 Å². The monoisotopic (exact) mass is 396 g/mol. The molecule has 1 fully saturated rings. The molecule has 10 heteroatoms. The van der Waals surface area contributed by atoms with Gasteiger partial charge in [-0.3, -0.25) is 9.59 Å². The number of amides is 2. The number of hydrogen-bond acceptors (Lipinski definition) is 5. The number of oxime groups is 1. The number of nitrogens with zero attached hydrogens (tertiary/aromatic N) is 3. The lowest BCUT2D eigenvalue weighted by Gasteiger charge is -2.38. The second-order valence-electron chi connectivity index (χ2n) is 6.72. The molecule has 0 radical (unpaired) electrons. The number of aromatic nitrogens is 1. The van der Waals surface area contributed by atoms with Crippen LogP contribution in [0.25, 0.3) is 6.08 Å². The van der Waals surface area contributed by atoms with Gasteiger partial charge >= 0.3 is 6.18 Å². The minimum atomic E-state index is -4.42. The number of pyridine rings is 1. The van der Waals surface area contributed by atoms with E-state index < -0.39 is 12.8 Å². The van der Waals surface area contributed by atoms with Crippen LogP contribution in [0.2, 0.25) is 0 Å². The molecule has 0 atom stereocenters. The van der Waals surface area contributed by atoms with E-state index in [1.807, 2.05) is 6.07 Å². The number of anilines is 1. The number of carbonyl (C=O) groups excluding carboxylic acids is 2. The first-order valence-electron chi connectivity index (χ1n) is 8.70. The summed E-state index contributed by atoms with van der Waals surface area (Å²) >= 11 is 0. The molecule has 3 rings (SSSR count). The smallest absolute Gasteiger partial charge is 0.386 e. The SMILES string of the molecule is C/C(=N\OCC(F)(F)F)C1CN(C(=O)/C=C/c2cnc3c(c2)CCC(=O)N3)C1. The van der Waals surface area contributed by atoms with Crippen LogP contribution < -0.4 is 5.32 Å². The van der Waals surface area contributed by atoms with Gasteiger partial charge in [-0.2, -0.15) is 13.2 Å². The summed E-state index contributed by atoms with van der Waals surface area (Å²) in [5, 5.41) is 6.16. The van der Waals surface area contributed by atoms with Crippen LogP contribution in [-0.4, -0.2) is 53.3 Å². The van der Waals surface area contributed by atoms with E-state index in [1.165, 1.54) is 6.08 Å². The first kappa shape index (κ1) is 19.8. The Balaban J connectivity index is 1.49. The van der Waals surface area contributed by atoms with E-state index in [-0.39, 0.29) is 17.7 Å². The molecule has 1 N–H and O–H groups in total. The van der Waals surface area contributed by atoms with Crippen molar-refractivity contribution in [2.75, 3.05) is 25.0 Å². The summed E-state index contributed by atoms with van der Waals surface area (Å²) in [5.74, 6) is 0.173. The van der Waals surface area contributed by atoms with E-state index in [1.54, 1.807) is 24.1 Å². The van der Waals surface area contributed by atoms with Crippen LogP contribution in [0.3, 0.4) is 0 Å². The number of hydrogen-bond donors (Lipinski definition) is 1. The lowest BCUT2D eigenvalue weighted by atomic mass is 9.95. The van der Waals surface area contributed by atoms with Crippen LogP contribution in [0.4, 0.5) is 19.0 Å². The number of rotatable bonds is 5. The largest absolute Gasteiger partial charge is 0.425 e. The molecular formula is C18H19F3N4O3. The van der Waals surface area contributed by atoms with Gasteiger partial charge in [-0.1, -0.05) is 5.16 Å². The zero-order valence-electron chi connectivity index (χ0n) is 15.1. The Morgan fingerprint density at radius 2 is 2.18 bits per heavy atom. The minimum Gasteiger partial charge on any atom is -0.386 e. The molecule has 0 saturated carbocycles. The Bertz CT molecular complexity index is 830. The number of halogens is 3. The zero-order chi connectivity index (χ0) is 20.3. The number of alkyl halides is 3. The minimum absolute atomic E-state index is 0.0616. The van der Waals surface area contributed by atoms with Crippen molar-refractivity contribution in [3.05, 3.63) is 29.5 Å². The Hall–Kier alpha value is -2.91. The van der Waals surface area contributed by atoms with Crippen LogP contribution in [0.1, 0.15) is 24.5 Å². The Morgan fingerprint density at radius 1 is 1.43 bits per heavy atom. The van der Waals surface area contributed by atoms with E-state index >= 15 is 0 Å². The fraction of sp³-hybridized carbons (Fsp3) is 0.444. The molecule has 3 heterocycles. The topological polar surface area (TPSA) is 83.9 Å². The van der Waals surface area contributed by atoms with Crippen LogP contribution in [-0.2, 0) is 20.8 Å². The van der Waals surface area contributed by atoms with Gasteiger partial charge in [0.15, 0.2) is 0 Å². The summed E-state index contributed by atoms with van der Waals surface area (Å²) in [6, 6.07) is 1.87. The van der Waals surface area contributed by atoms with Crippen LogP contribution >= 0.6 is 0 Å². The van der Waals surface area contributed by atoms with Crippen molar-refractivity contribution in [1.29, 1.82) is 0 Å². The van der Waals surface area contributed by atoms with Gasteiger partial charge in [-0.05, 0) is 36.6 Å². The first-order chi connectivity index (χ1) is 13.2. The highest BCUT2D eigenvalue weighted by molar-refractivity contribution is 5.95. The predicted molar refractivity (Wildman–Crippen MR) is 95.4 cm³/mol. The lowest BCUT2D eigenvalue weighted by Crippen LogP contribution is -2.52. The number of aryl methyl sites for hydroxylation is 1. The van der Waals surface area contributed by atoms with Crippen LogP contribution in [0, 0.1) is 5.92 Å². The molecule has 1 saturated heterocycles. The van der Waals surface area contributed by atoms with Crippen molar-refractivity contribution in [3.63, 3.8) is 0 Å². The van der Waals surface area contributed by atoms with Gasteiger partial charge < -0.3 is 15.1 Å². The summed E-state index contributed by atoms with van der Waals surface area (Å²) in [6.45, 7) is 0.905. The molecule has 150 valence electrons. The molecule has 1 aromatic rings.